The van der Waals surface area contributed by atoms with E-state index in [1.165, 1.54) is 17.5 Å². The Morgan fingerprint density at radius 3 is 2.55 bits per heavy atom. The van der Waals surface area contributed by atoms with Gasteiger partial charge in [-0.3, -0.25) is 0 Å². The van der Waals surface area contributed by atoms with Crippen LogP contribution in [0.5, 0.6) is 0 Å². The van der Waals surface area contributed by atoms with Gasteiger partial charge in [-0.1, -0.05) is 6.08 Å². The molecule has 1 aromatic rings. The molecule has 0 aromatic carbocycles. The number of rotatable bonds is 8. The molecule has 0 spiro atoms. The smallest absolute Gasteiger partial charge is 0.247 e. The van der Waals surface area contributed by atoms with Crippen LogP contribution < -0.4 is 5.73 Å². The molecule has 0 amide bonds. The van der Waals surface area contributed by atoms with Crippen LogP contribution in [-0.2, 0) is 21.3 Å². The highest BCUT2D eigenvalue weighted by atomic mass is 32.2. The highest BCUT2D eigenvalue weighted by Gasteiger charge is 2.31. The summed E-state index contributed by atoms with van der Waals surface area (Å²) in [5, 5.41) is 0. The second-order valence-electron chi connectivity index (χ2n) is 4.37. The van der Waals surface area contributed by atoms with E-state index in [2.05, 4.69) is 6.58 Å². The van der Waals surface area contributed by atoms with E-state index in [1.807, 2.05) is 0 Å². The van der Waals surface area contributed by atoms with E-state index in [9.17, 15) is 8.42 Å². The Bertz CT molecular complexity index is 563. The lowest BCUT2D eigenvalue weighted by Crippen LogP contribution is -2.35. The molecular formula is C13H22N2O4S. The van der Waals surface area contributed by atoms with E-state index < -0.39 is 10.0 Å². The third-order valence-corrected chi connectivity index (χ3v) is 5.07. The first-order valence-corrected chi connectivity index (χ1v) is 7.73. The highest BCUT2D eigenvalue weighted by molar-refractivity contribution is 7.89. The van der Waals surface area contributed by atoms with Crippen LogP contribution in [-0.4, -0.2) is 39.5 Å². The monoisotopic (exact) mass is 302 g/mol. The van der Waals surface area contributed by atoms with E-state index in [4.69, 9.17) is 14.9 Å². The Kier molecular flexibility index (Phi) is 5.94. The number of hydrogen-bond acceptors (Lipinski definition) is 5. The Hall–Kier alpha value is -1.15. The lowest BCUT2D eigenvalue weighted by Gasteiger charge is -2.20. The Balaban J connectivity index is 3.28. The zero-order valence-electron chi connectivity index (χ0n) is 12.2. The molecule has 0 aliphatic carbocycles. The van der Waals surface area contributed by atoms with Crippen LogP contribution in [0, 0.1) is 13.8 Å². The summed E-state index contributed by atoms with van der Waals surface area (Å²) in [4.78, 5) is 0.162. The number of nitrogens with zero attached hydrogens (tertiary/aromatic N) is 1. The fraction of sp³-hybridized carbons (Fsp3) is 0.538. The molecule has 0 saturated heterocycles. The van der Waals surface area contributed by atoms with E-state index in [-0.39, 0.29) is 24.5 Å². The Morgan fingerprint density at radius 1 is 1.40 bits per heavy atom. The van der Waals surface area contributed by atoms with Gasteiger partial charge in [-0.2, -0.15) is 4.31 Å². The number of sulfonamides is 1. The first-order valence-electron chi connectivity index (χ1n) is 6.29. The normalized spacial score (nSPS) is 12.1. The van der Waals surface area contributed by atoms with E-state index in [1.54, 1.807) is 13.8 Å². The van der Waals surface area contributed by atoms with E-state index in [0.717, 1.165) is 0 Å². The summed E-state index contributed by atoms with van der Waals surface area (Å²) in [6.07, 6.45) is 1.54. The number of furan rings is 1. The van der Waals surface area contributed by atoms with Crippen molar-refractivity contribution in [2.75, 3.05) is 26.8 Å². The Morgan fingerprint density at radius 2 is 2.05 bits per heavy atom. The molecule has 6 nitrogen and oxygen atoms in total. The van der Waals surface area contributed by atoms with Gasteiger partial charge in [-0.05, 0) is 13.8 Å². The molecular weight excluding hydrogens is 280 g/mol. The fourth-order valence-corrected chi connectivity index (χ4v) is 3.88. The second-order valence-corrected chi connectivity index (χ2v) is 6.25. The summed E-state index contributed by atoms with van der Waals surface area (Å²) in [5.74, 6) is 0.892. The number of hydrogen-bond donors (Lipinski definition) is 1. The van der Waals surface area contributed by atoms with Gasteiger partial charge in [0.1, 0.15) is 16.4 Å². The number of methoxy groups -OCH3 is 1. The maximum atomic E-state index is 12.7. The second kappa shape index (κ2) is 7.03. The topological polar surface area (TPSA) is 85.8 Å². The quantitative estimate of drug-likeness (QED) is 0.729. The standard InChI is InChI=1S/C13H22N2O4S/c1-5-6-15(7-8-18-4)20(16,17)13-11(3)19-10(2)12(13)9-14/h5H,1,6-9,14H2,2-4H3. The van der Waals surface area contributed by atoms with Crippen molar-refractivity contribution in [3.63, 3.8) is 0 Å². The van der Waals surface area contributed by atoms with Gasteiger partial charge in [0, 0.05) is 32.3 Å². The summed E-state index contributed by atoms with van der Waals surface area (Å²) >= 11 is 0. The average molecular weight is 302 g/mol. The molecule has 0 radical (unpaired) electrons. The fourth-order valence-electron chi connectivity index (χ4n) is 2.06. The van der Waals surface area contributed by atoms with Gasteiger partial charge in [0.05, 0.1) is 6.61 Å². The molecule has 1 aromatic heterocycles. The van der Waals surface area contributed by atoms with Crippen LogP contribution in [0.15, 0.2) is 22.0 Å². The van der Waals surface area contributed by atoms with E-state index >= 15 is 0 Å². The zero-order valence-corrected chi connectivity index (χ0v) is 13.0. The molecule has 0 aliphatic rings. The predicted molar refractivity (Wildman–Crippen MR) is 76.9 cm³/mol. The molecule has 114 valence electrons. The zero-order chi connectivity index (χ0) is 15.3. The molecule has 0 atom stereocenters. The van der Waals surface area contributed by atoms with Crippen LogP contribution >= 0.6 is 0 Å². The van der Waals surface area contributed by atoms with Gasteiger partial charge >= 0.3 is 0 Å². The summed E-state index contributed by atoms with van der Waals surface area (Å²) in [7, 11) is -2.15. The molecule has 1 heterocycles. The van der Waals surface area contributed by atoms with Crippen molar-refractivity contribution in [2.45, 2.75) is 25.3 Å². The lowest BCUT2D eigenvalue weighted by molar-refractivity contribution is 0.182. The van der Waals surface area contributed by atoms with Gasteiger partial charge < -0.3 is 14.9 Å². The maximum Gasteiger partial charge on any atom is 0.247 e. The highest BCUT2D eigenvalue weighted by Crippen LogP contribution is 2.28. The van der Waals surface area contributed by atoms with Crippen molar-refractivity contribution < 1.29 is 17.6 Å². The van der Waals surface area contributed by atoms with Crippen molar-refractivity contribution in [3.8, 4) is 0 Å². The molecule has 0 fully saturated rings. The molecule has 0 saturated carbocycles. The molecule has 0 bridgehead atoms. The van der Waals surface area contributed by atoms with Gasteiger partial charge in [0.15, 0.2) is 0 Å². The SMILES string of the molecule is C=CCN(CCOC)S(=O)(=O)c1c(C)oc(C)c1CN. The number of nitrogens with two attached hydrogens (primary N) is 1. The van der Waals surface area contributed by atoms with Crippen molar-refractivity contribution in [2.24, 2.45) is 5.73 Å². The summed E-state index contributed by atoms with van der Waals surface area (Å²) < 4.78 is 37.2. The summed E-state index contributed by atoms with van der Waals surface area (Å²) in [6.45, 7) is 7.80. The predicted octanol–water partition coefficient (Wildman–Crippen LogP) is 1.18. The van der Waals surface area contributed by atoms with Crippen molar-refractivity contribution in [3.05, 3.63) is 29.7 Å². The molecule has 1 rings (SSSR count). The van der Waals surface area contributed by atoms with Crippen molar-refractivity contribution in [1.29, 1.82) is 0 Å². The third-order valence-electron chi connectivity index (χ3n) is 3.00. The van der Waals surface area contributed by atoms with Crippen LogP contribution in [0.4, 0.5) is 0 Å². The van der Waals surface area contributed by atoms with Gasteiger partial charge in [0.2, 0.25) is 10.0 Å². The van der Waals surface area contributed by atoms with Crippen LogP contribution in [0.3, 0.4) is 0 Å². The molecule has 2 N–H and O–H groups in total. The van der Waals surface area contributed by atoms with E-state index in [0.29, 0.717) is 23.7 Å². The average Bonchev–Trinajstić information content (AvgIpc) is 2.68. The first kappa shape index (κ1) is 16.9. The first-order chi connectivity index (χ1) is 9.39. The molecule has 0 aliphatic heterocycles. The summed E-state index contributed by atoms with van der Waals surface area (Å²) in [5.41, 5.74) is 6.17. The molecule has 20 heavy (non-hydrogen) atoms. The largest absolute Gasteiger partial charge is 0.465 e. The molecule has 7 heteroatoms. The maximum absolute atomic E-state index is 12.7. The van der Waals surface area contributed by atoms with Gasteiger partial charge in [-0.25, -0.2) is 8.42 Å². The minimum Gasteiger partial charge on any atom is -0.465 e. The minimum atomic E-state index is -3.68. The van der Waals surface area contributed by atoms with Crippen molar-refractivity contribution >= 4 is 10.0 Å². The van der Waals surface area contributed by atoms with Crippen LogP contribution in [0.2, 0.25) is 0 Å². The van der Waals surface area contributed by atoms with Gasteiger partial charge in [-0.15, -0.1) is 6.58 Å². The minimum absolute atomic E-state index is 0.115. The number of aryl methyl sites for hydroxylation is 2. The van der Waals surface area contributed by atoms with Crippen molar-refractivity contribution in [1.82, 2.24) is 4.31 Å². The molecule has 0 unspecified atom stereocenters. The Labute approximate surface area is 120 Å². The van der Waals surface area contributed by atoms with Crippen LogP contribution in [0.25, 0.3) is 0 Å². The van der Waals surface area contributed by atoms with Gasteiger partial charge in [0.25, 0.3) is 0 Å². The lowest BCUT2D eigenvalue weighted by atomic mass is 10.2. The summed E-state index contributed by atoms with van der Waals surface area (Å²) in [6, 6.07) is 0. The third kappa shape index (κ3) is 3.29. The number of ether oxygens (including phenoxy) is 1. The van der Waals surface area contributed by atoms with Crippen LogP contribution in [0.1, 0.15) is 17.1 Å².